The van der Waals surface area contributed by atoms with Crippen LogP contribution in [-0.2, 0) is 14.3 Å². The molecular weight excluding hydrogens is 203 g/mol. The molecule has 3 nitrogen and oxygen atoms in total. The third-order valence-electron chi connectivity index (χ3n) is 2.79. The van der Waals surface area contributed by atoms with E-state index < -0.39 is 10.3 Å². The van der Waals surface area contributed by atoms with Crippen molar-refractivity contribution in [2.75, 3.05) is 0 Å². The van der Waals surface area contributed by atoms with Crippen molar-refractivity contribution in [3.8, 4) is 0 Å². The van der Waals surface area contributed by atoms with Crippen LogP contribution in [0.5, 0.6) is 0 Å². The Balaban J connectivity index is 1.99. The van der Waals surface area contributed by atoms with Gasteiger partial charge in [-0.15, -0.1) is 0 Å². The Morgan fingerprint density at radius 1 is 1.42 bits per heavy atom. The monoisotopic (exact) mass is 208 g/mol. The number of hydrogen-bond donors (Lipinski definition) is 0. The Labute approximate surface area is 78.9 Å². The van der Waals surface area contributed by atoms with Crippen molar-refractivity contribution in [2.45, 2.75) is 29.1 Å². The minimum atomic E-state index is -1.37. The normalized spacial score (nSPS) is 53.0. The Hall–Kier alpha value is 0.01000. The zero-order chi connectivity index (χ0) is 8.51. The molecule has 12 heavy (non-hydrogen) atoms. The van der Waals surface area contributed by atoms with Gasteiger partial charge in [-0.25, -0.2) is 4.79 Å². The highest BCUT2D eigenvalue weighted by molar-refractivity contribution is 6.58. The topological polar surface area (TPSA) is 38.8 Å². The second-order valence-corrected chi connectivity index (χ2v) is 4.85. The summed E-state index contributed by atoms with van der Waals surface area (Å²) in [6, 6.07) is 0. The molecule has 5 heteroatoms. The fourth-order valence-corrected chi connectivity index (χ4v) is 2.78. The number of hydrogen-bond acceptors (Lipinski definition) is 3. The molecule has 0 bridgehead atoms. The largest absolute Gasteiger partial charge is 0.460 e. The second-order valence-electron chi connectivity index (χ2n) is 3.47. The van der Waals surface area contributed by atoms with Gasteiger partial charge in [0.15, 0.2) is 0 Å². The summed E-state index contributed by atoms with van der Waals surface area (Å²) in [7, 11) is 0. The predicted molar refractivity (Wildman–Crippen MR) is 41.1 cm³/mol. The first-order chi connectivity index (χ1) is 5.60. The van der Waals surface area contributed by atoms with Crippen LogP contribution in [0.2, 0.25) is 0 Å². The van der Waals surface area contributed by atoms with Gasteiger partial charge in [0.05, 0.1) is 18.1 Å². The summed E-state index contributed by atoms with van der Waals surface area (Å²) < 4.78 is 8.89. The van der Waals surface area contributed by atoms with Crippen LogP contribution in [0.3, 0.4) is 0 Å². The molecule has 3 aliphatic rings. The summed E-state index contributed by atoms with van der Waals surface area (Å²) in [4.78, 5) is 11.1. The van der Waals surface area contributed by atoms with E-state index in [0.717, 1.165) is 6.42 Å². The first-order valence-electron chi connectivity index (χ1n) is 3.85. The van der Waals surface area contributed by atoms with Crippen LogP contribution < -0.4 is 0 Å². The van der Waals surface area contributed by atoms with Crippen LogP contribution >= 0.6 is 23.2 Å². The number of carbonyl (C=O) groups is 1. The van der Waals surface area contributed by atoms with E-state index in [2.05, 4.69) is 0 Å². The number of carbonyl (C=O) groups excluding carboxylic acids is 1. The molecule has 0 aromatic carbocycles. The lowest BCUT2D eigenvalue weighted by atomic mass is 10.0. The van der Waals surface area contributed by atoms with Crippen LogP contribution in [0.25, 0.3) is 0 Å². The molecule has 66 valence electrons. The van der Waals surface area contributed by atoms with Crippen molar-refractivity contribution in [1.82, 2.24) is 0 Å². The van der Waals surface area contributed by atoms with E-state index in [1.165, 1.54) is 0 Å². The lowest BCUT2D eigenvalue weighted by molar-refractivity contribution is -0.142. The van der Waals surface area contributed by atoms with Gasteiger partial charge in [0.25, 0.3) is 0 Å². The highest BCUT2D eigenvalue weighted by atomic mass is 35.5. The molecule has 0 spiro atoms. The molecule has 0 N–H and O–H groups in total. The Morgan fingerprint density at radius 3 is 2.83 bits per heavy atom. The van der Waals surface area contributed by atoms with E-state index in [-0.39, 0.29) is 24.2 Å². The van der Waals surface area contributed by atoms with Crippen LogP contribution in [0.4, 0.5) is 0 Å². The summed E-state index contributed by atoms with van der Waals surface area (Å²) in [5.74, 6) is -0.673. The van der Waals surface area contributed by atoms with E-state index in [1.807, 2.05) is 0 Å². The summed E-state index contributed by atoms with van der Waals surface area (Å²) in [5, 5.41) is 0. The van der Waals surface area contributed by atoms with Gasteiger partial charge in [0.2, 0.25) is 4.33 Å². The molecule has 0 aromatic rings. The Morgan fingerprint density at radius 2 is 2.17 bits per heavy atom. The predicted octanol–water partition coefficient (Wildman–Crippen LogP) is 0.873. The minimum Gasteiger partial charge on any atom is -0.460 e. The average molecular weight is 209 g/mol. The van der Waals surface area contributed by atoms with Crippen molar-refractivity contribution in [3.63, 3.8) is 0 Å². The fraction of sp³-hybridized carbons (Fsp3) is 0.857. The maximum absolute atomic E-state index is 11.1. The minimum absolute atomic E-state index is 0.0523. The molecule has 2 heterocycles. The van der Waals surface area contributed by atoms with Crippen molar-refractivity contribution in [1.29, 1.82) is 0 Å². The van der Waals surface area contributed by atoms with E-state index in [4.69, 9.17) is 32.7 Å². The molecule has 1 aliphatic carbocycles. The summed E-state index contributed by atoms with van der Waals surface area (Å²) in [6.07, 6.45) is 0.917. The van der Waals surface area contributed by atoms with Crippen molar-refractivity contribution >= 4 is 29.2 Å². The number of fused-ring (bicyclic) bond motifs is 3. The molecular formula is C7H6Cl2O3. The maximum atomic E-state index is 11.1. The van der Waals surface area contributed by atoms with Gasteiger partial charge >= 0.3 is 5.97 Å². The Kier molecular flexibility index (Phi) is 1.18. The van der Waals surface area contributed by atoms with Gasteiger partial charge in [-0.2, -0.15) is 0 Å². The summed E-state index contributed by atoms with van der Waals surface area (Å²) in [6.45, 7) is 0. The molecule has 0 radical (unpaired) electrons. The molecule has 2 aliphatic heterocycles. The van der Waals surface area contributed by atoms with Crippen LogP contribution in [0.1, 0.15) is 6.42 Å². The first-order valence-corrected chi connectivity index (χ1v) is 4.60. The number of ether oxygens (including phenoxy) is 2. The smallest absolute Gasteiger partial charge is 0.343 e. The van der Waals surface area contributed by atoms with Gasteiger partial charge in [0, 0.05) is 6.42 Å². The van der Waals surface area contributed by atoms with Gasteiger partial charge in [-0.1, -0.05) is 23.2 Å². The van der Waals surface area contributed by atoms with E-state index >= 15 is 0 Å². The highest BCUT2D eigenvalue weighted by Gasteiger charge is 2.70. The molecule has 0 amide bonds. The molecule has 4 atom stereocenters. The van der Waals surface area contributed by atoms with Gasteiger partial charge < -0.3 is 9.47 Å². The lowest BCUT2D eigenvalue weighted by Crippen LogP contribution is -2.32. The first kappa shape index (κ1) is 7.42. The molecule has 3 fully saturated rings. The van der Waals surface area contributed by atoms with E-state index in [9.17, 15) is 4.79 Å². The zero-order valence-corrected chi connectivity index (χ0v) is 7.51. The van der Waals surface area contributed by atoms with Crippen molar-refractivity contribution < 1.29 is 14.3 Å². The number of alkyl halides is 2. The standard InChI is InChI=1S/C7H6Cl2O3/c8-7(9)4-2(12-6(7)10)1-3-5(4)11-3/h2-5H,1H2/t2-,3+,4-,5+/m1/s1. The summed E-state index contributed by atoms with van der Waals surface area (Å²) >= 11 is 11.7. The quantitative estimate of drug-likeness (QED) is 0.337. The molecule has 2 saturated heterocycles. The molecule has 0 aromatic heterocycles. The average Bonchev–Trinajstić information content (AvgIpc) is 2.54. The third kappa shape index (κ3) is 0.703. The number of rotatable bonds is 0. The van der Waals surface area contributed by atoms with Crippen LogP contribution in [0.15, 0.2) is 0 Å². The fourth-order valence-electron chi connectivity index (χ4n) is 2.16. The zero-order valence-electron chi connectivity index (χ0n) is 6.00. The highest BCUT2D eigenvalue weighted by Crippen LogP contribution is 2.56. The molecule has 3 rings (SSSR count). The van der Waals surface area contributed by atoms with Crippen LogP contribution in [0, 0.1) is 5.92 Å². The van der Waals surface area contributed by atoms with Gasteiger partial charge in [-0.3, -0.25) is 0 Å². The van der Waals surface area contributed by atoms with Gasteiger partial charge in [0.1, 0.15) is 6.10 Å². The molecule has 1 saturated carbocycles. The van der Waals surface area contributed by atoms with Crippen molar-refractivity contribution in [2.24, 2.45) is 5.92 Å². The number of epoxide rings is 1. The molecule has 0 unspecified atom stereocenters. The number of halogens is 2. The number of esters is 1. The maximum Gasteiger partial charge on any atom is 0.343 e. The summed E-state index contributed by atoms with van der Waals surface area (Å²) in [5.41, 5.74) is 0. The van der Waals surface area contributed by atoms with Gasteiger partial charge in [-0.05, 0) is 0 Å². The van der Waals surface area contributed by atoms with E-state index in [0.29, 0.717) is 0 Å². The lowest BCUT2D eigenvalue weighted by Gasteiger charge is -2.15. The van der Waals surface area contributed by atoms with Crippen molar-refractivity contribution in [3.05, 3.63) is 0 Å². The third-order valence-corrected chi connectivity index (χ3v) is 3.60. The SMILES string of the molecule is O=C1O[C@@H]2C[C@@H]3O[C@@H]3[C@@H]2C1(Cl)Cl. The Bertz CT molecular complexity index is 265. The van der Waals surface area contributed by atoms with Crippen LogP contribution in [-0.4, -0.2) is 28.6 Å². The van der Waals surface area contributed by atoms with E-state index in [1.54, 1.807) is 0 Å². The second kappa shape index (κ2) is 1.91.